The molecule has 0 radical (unpaired) electrons. The second-order valence-corrected chi connectivity index (χ2v) is 6.51. The molecule has 3 aromatic rings. The van der Waals surface area contributed by atoms with E-state index >= 15 is 0 Å². The molecule has 0 aliphatic carbocycles. The Labute approximate surface area is 166 Å². The number of aryl methyl sites for hydroxylation is 1. The second-order valence-electron chi connectivity index (χ2n) is 6.51. The Morgan fingerprint density at radius 3 is 2.72 bits per heavy atom. The summed E-state index contributed by atoms with van der Waals surface area (Å²) in [5, 5.41) is 9.50. The van der Waals surface area contributed by atoms with Crippen LogP contribution in [0.25, 0.3) is 10.9 Å². The fourth-order valence-corrected chi connectivity index (χ4v) is 2.72. The topological polar surface area (TPSA) is 117 Å². The van der Waals surface area contributed by atoms with Crippen LogP contribution >= 0.6 is 0 Å². The van der Waals surface area contributed by atoms with Crippen LogP contribution in [0.5, 0.6) is 5.88 Å². The molecule has 2 aromatic heterocycles. The van der Waals surface area contributed by atoms with Crippen molar-refractivity contribution < 1.29 is 14.3 Å². The monoisotopic (exact) mass is 395 g/mol. The van der Waals surface area contributed by atoms with Crippen molar-refractivity contribution in [3.63, 3.8) is 0 Å². The van der Waals surface area contributed by atoms with E-state index in [1.807, 2.05) is 6.07 Å². The highest BCUT2D eigenvalue weighted by atomic mass is 16.5. The standard InChI is InChI=1S/C20H21N5O4/c1-12-10-16(23-24-18(12)26)19(27)21-8-9-25(2)20(28)14-4-6-15-13(11-14)5-7-17(22-15)29-3/h4-7,10-11H,8-9H2,1-3H3,(H,21,27)(H,24,26). The summed E-state index contributed by atoms with van der Waals surface area (Å²) in [5.41, 5.74) is 1.45. The van der Waals surface area contributed by atoms with Crippen LogP contribution < -0.4 is 15.6 Å². The molecule has 0 aliphatic rings. The third-order valence-electron chi connectivity index (χ3n) is 4.42. The number of benzene rings is 1. The van der Waals surface area contributed by atoms with Crippen LogP contribution in [-0.4, -0.2) is 59.1 Å². The van der Waals surface area contributed by atoms with Gasteiger partial charge >= 0.3 is 0 Å². The first-order valence-electron chi connectivity index (χ1n) is 8.94. The molecular formula is C20H21N5O4. The van der Waals surface area contributed by atoms with Gasteiger partial charge in [-0.05, 0) is 37.3 Å². The number of aromatic amines is 1. The number of carbonyl (C=O) groups excluding carboxylic acids is 2. The predicted octanol–water partition coefficient (Wildman–Crippen LogP) is 1.14. The highest BCUT2D eigenvalue weighted by Gasteiger charge is 2.14. The van der Waals surface area contributed by atoms with Gasteiger partial charge in [-0.3, -0.25) is 14.4 Å². The molecule has 0 saturated heterocycles. The highest BCUT2D eigenvalue weighted by Crippen LogP contribution is 2.18. The molecule has 9 nitrogen and oxygen atoms in total. The lowest BCUT2D eigenvalue weighted by Gasteiger charge is -2.17. The van der Waals surface area contributed by atoms with E-state index in [1.54, 1.807) is 45.3 Å². The maximum absolute atomic E-state index is 12.7. The summed E-state index contributed by atoms with van der Waals surface area (Å²) in [6, 6.07) is 10.2. The Morgan fingerprint density at radius 2 is 2.00 bits per heavy atom. The Balaban J connectivity index is 1.60. The molecule has 2 amide bonds. The Morgan fingerprint density at radius 1 is 1.21 bits per heavy atom. The van der Waals surface area contributed by atoms with Gasteiger partial charge in [0.2, 0.25) is 5.88 Å². The number of nitrogens with one attached hydrogen (secondary N) is 2. The maximum atomic E-state index is 12.7. The second kappa shape index (κ2) is 8.51. The number of carbonyl (C=O) groups is 2. The molecule has 0 fully saturated rings. The van der Waals surface area contributed by atoms with Crippen molar-refractivity contribution in [2.75, 3.05) is 27.2 Å². The zero-order valence-corrected chi connectivity index (χ0v) is 16.4. The van der Waals surface area contributed by atoms with Crippen molar-refractivity contribution in [2.24, 2.45) is 0 Å². The van der Waals surface area contributed by atoms with Gasteiger partial charge in [0, 0.05) is 42.7 Å². The van der Waals surface area contributed by atoms with Crippen LogP contribution in [0.1, 0.15) is 26.4 Å². The number of amides is 2. The molecule has 9 heteroatoms. The normalized spacial score (nSPS) is 10.6. The van der Waals surface area contributed by atoms with E-state index in [9.17, 15) is 14.4 Å². The maximum Gasteiger partial charge on any atom is 0.271 e. The molecule has 0 spiro atoms. The SMILES string of the molecule is COc1ccc2cc(C(=O)N(C)CCNC(=O)c3cc(C)c(=O)[nH]n3)ccc2n1. The quantitative estimate of drug-likeness (QED) is 0.646. The number of hydrogen-bond donors (Lipinski definition) is 2. The first-order chi connectivity index (χ1) is 13.9. The molecule has 0 saturated carbocycles. The van der Waals surface area contributed by atoms with Crippen molar-refractivity contribution >= 4 is 22.7 Å². The van der Waals surface area contributed by atoms with Crippen LogP contribution in [0, 0.1) is 6.92 Å². The number of ether oxygens (including phenoxy) is 1. The predicted molar refractivity (Wildman–Crippen MR) is 107 cm³/mol. The van der Waals surface area contributed by atoms with Gasteiger partial charge in [-0.15, -0.1) is 0 Å². The van der Waals surface area contributed by atoms with Crippen LogP contribution in [-0.2, 0) is 0 Å². The summed E-state index contributed by atoms with van der Waals surface area (Å²) < 4.78 is 5.10. The van der Waals surface area contributed by atoms with Crippen LogP contribution in [0.2, 0.25) is 0 Å². The van der Waals surface area contributed by atoms with E-state index < -0.39 is 5.91 Å². The Bertz CT molecular complexity index is 1130. The Hall–Kier alpha value is -3.75. The third kappa shape index (κ3) is 4.57. The molecule has 0 aliphatic heterocycles. The first-order valence-corrected chi connectivity index (χ1v) is 8.94. The number of aromatic nitrogens is 3. The van der Waals surface area contributed by atoms with Crippen molar-refractivity contribution in [1.29, 1.82) is 0 Å². The van der Waals surface area contributed by atoms with Crippen molar-refractivity contribution in [2.45, 2.75) is 6.92 Å². The number of fused-ring (bicyclic) bond motifs is 1. The van der Waals surface area contributed by atoms with E-state index in [2.05, 4.69) is 20.5 Å². The van der Waals surface area contributed by atoms with E-state index in [1.165, 1.54) is 11.0 Å². The highest BCUT2D eigenvalue weighted by molar-refractivity contribution is 5.98. The lowest BCUT2D eigenvalue weighted by Crippen LogP contribution is -2.36. The summed E-state index contributed by atoms with van der Waals surface area (Å²) in [6.45, 7) is 2.15. The molecule has 0 bridgehead atoms. The molecule has 0 atom stereocenters. The van der Waals surface area contributed by atoms with Gasteiger partial charge in [0.25, 0.3) is 17.4 Å². The average Bonchev–Trinajstić information content (AvgIpc) is 2.74. The van der Waals surface area contributed by atoms with Crippen molar-refractivity contribution in [1.82, 2.24) is 25.4 Å². The summed E-state index contributed by atoms with van der Waals surface area (Å²) in [4.78, 5) is 41.9. The minimum Gasteiger partial charge on any atom is -0.481 e. The molecule has 150 valence electrons. The lowest BCUT2D eigenvalue weighted by atomic mass is 10.1. The molecule has 2 heterocycles. The van der Waals surface area contributed by atoms with Crippen molar-refractivity contribution in [3.8, 4) is 5.88 Å². The van der Waals surface area contributed by atoms with Gasteiger partial charge in [-0.25, -0.2) is 10.1 Å². The van der Waals surface area contributed by atoms with Crippen LogP contribution in [0.15, 0.2) is 41.2 Å². The molecule has 1 aromatic carbocycles. The first kappa shape index (κ1) is 20.0. The fraction of sp³-hybridized carbons (Fsp3) is 0.250. The summed E-state index contributed by atoms with van der Waals surface area (Å²) in [6.07, 6.45) is 0. The molecule has 3 rings (SSSR count). The van der Waals surface area contributed by atoms with E-state index in [0.717, 1.165) is 10.9 Å². The van der Waals surface area contributed by atoms with Crippen LogP contribution in [0.3, 0.4) is 0 Å². The smallest absolute Gasteiger partial charge is 0.271 e. The van der Waals surface area contributed by atoms with Gasteiger partial charge in [0.1, 0.15) is 5.69 Å². The number of rotatable bonds is 6. The number of nitrogens with zero attached hydrogens (tertiary/aromatic N) is 3. The minimum atomic E-state index is -0.420. The van der Waals surface area contributed by atoms with Crippen LogP contribution in [0.4, 0.5) is 0 Å². The fourth-order valence-electron chi connectivity index (χ4n) is 2.72. The van der Waals surface area contributed by atoms with Gasteiger partial charge in [-0.1, -0.05) is 0 Å². The number of H-pyrrole nitrogens is 1. The van der Waals surface area contributed by atoms with E-state index in [-0.39, 0.29) is 23.7 Å². The minimum absolute atomic E-state index is 0.119. The number of pyridine rings is 1. The average molecular weight is 395 g/mol. The zero-order chi connectivity index (χ0) is 21.0. The number of methoxy groups -OCH3 is 1. The van der Waals surface area contributed by atoms with Gasteiger partial charge in [0.05, 0.1) is 12.6 Å². The summed E-state index contributed by atoms with van der Waals surface area (Å²) >= 11 is 0. The molecule has 29 heavy (non-hydrogen) atoms. The molecular weight excluding hydrogens is 374 g/mol. The number of likely N-dealkylation sites (N-methyl/N-ethyl adjacent to an activating group) is 1. The lowest BCUT2D eigenvalue weighted by molar-refractivity contribution is 0.0787. The Kier molecular flexibility index (Phi) is 5.87. The zero-order valence-electron chi connectivity index (χ0n) is 16.4. The van der Waals surface area contributed by atoms with Gasteiger partial charge < -0.3 is 15.0 Å². The largest absolute Gasteiger partial charge is 0.481 e. The van der Waals surface area contributed by atoms with Gasteiger partial charge in [0.15, 0.2) is 0 Å². The van der Waals surface area contributed by atoms with E-state index in [4.69, 9.17) is 4.74 Å². The number of hydrogen-bond acceptors (Lipinski definition) is 6. The summed E-state index contributed by atoms with van der Waals surface area (Å²) in [7, 11) is 3.21. The molecule has 2 N–H and O–H groups in total. The summed E-state index contributed by atoms with van der Waals surface area (Å²) in [5.74, 6) is -0.0810. The third-order valence-corrected chi connectivity index (χ3v) is 4.42. The van der Waals surface area contributed by atoms with Gasteiger partial charge in [-0.2, -0.15) is 5.10 Å². The van der Waals surface area contributed by atoms with Crippen molar-refractivity contribution in [3.05, 3.63) is 63.6 Å². The molecule has 0 unspecified atom stereocenters. The van der Waals surface area contributed by atoms with E-state index in [0.29, 0.717) is 23.6 Å².